The molecule has 0 bridgehead atoms. The fourth-order valence-electron chi connectivity index (χ4n) is 2.13. The molecule has 0 aliphatic heterocycles. The lowest BCUT2D eigenvalue weighted by molar-refractivity contribution is 0.639. The number of halogens is 1. The Morgan fingerprint density at radius 3 is 3.00 bits per heavy atom. The number of hydrogen-bond acceptors (Lipinski definition) is 3. The molecule has 0 radical (unpaired) electrons. The van der Waals surface area contributed by atoms with E-state index in [2.05, 4.69) is 39.0 Å². The highest BCUT2D eigenvalue weighted by Crippen LogP contribution is 2.28. The van der Waals surface area contributed by atoms with Gasteiger partial charge in [-0.3, -0.25) is 0 Å². The molecule has 3 rings (SSSR count). The Bertz CT molecular complexity index is 660. The summed E-state index contributed by atoms with van der Waals surface area (Å²) < 4.78 is 2.12. The lowest BCUT2D eigenvalue weighted by Gasteiger charge is -2.14. The Morgan fingerprint density at radius 1 is 1.39 bits per heavy atom. The summed E-state index contributed by atoms with van der Waals surface area (Å²) in [6, 6.07) is 8.26. The molecule has 3 nitrogen and oxygen atoms in total. The van der Waals surface area contributed by atoms with Crippen molar-refractivity contribution in [3.05, 3.63) is 46.5 Å². The van der Waals surface area contributed by atoms with Crippen LogP contribution in [0.15, 0.2) is 35.8 Å². The molecule has 3 aromatic rings. The van der Waals surface area contributed by atoms with Crippen molar-refractivity contribution in [3.8, 4) is 0 Å². The first-order valence-electron chi connectivity index (χ1n) is 5.72. The molecule has 18 heavy (non-hydrogen) atoms. The summed E-state index contributed by atoms with van der Waals surface area (Å²) in [6.07, 6.45) is 1.79. The lowest BCUT2D eigenvalue weighted by atomic mass is 10.2. The summed E-state index contributed by atoms with van der Waals surface area (Å²) in [5.74, 6) is 1.26. The molecule has 0 saturated heterocycles. The third kappa shape index (κ3) is 1.82. The van der Waals surface area contributed by atoms with Crippen LogP contribution in [0.2, 0.25) is 0 Å². The molecule has 3 heterocycles. The van der Waals surface area contributed by atoms with Gasteiger partial charge in [-0.15, -0.1) is 22.9 Å². The van der Waals surface area contributed by atoms with Gasteiger partial charge in [-0.2, -0.15) is 0 Å². The van der Waals surface area contributed by atoms with Gasteiger partial charge in [-0.05, 0) is 30.5 Å². The summed E-state index contributed by atoms with van der Waals surface area (Å²) in [4.78, 5) is 10.2. The number of aromatic nitrogens is 3. The molecule has 3 aromatic heterocycles. The minimum absolute atomic E-state index is 0.207. The van der Waals surface area contributed by atoms with Crippen molar-refractivity contribution >= 4 is 34.1 Å². The van der Waals surface area contributed by atoms with E-state index in [9.17, 15) is 0 Å². The number of fused-ring (bicyclic) bond motifs is 1. The molecule has 0 aliphatic rings. The third-order valence-corrected chi connectivity index (χ3v) is 4.27. The Hall–Kier alpha value is -1.39. The number of imidazole rings is 1. The molecule has 0 N–H and O–H groups in total. The van der Waals surface area contributed by atoms with Crippen molar-refractivity contribution in [2.75, 3.05) is 0 Å². The largest absolute Gasteiger partial charge is 0.304 e. The van der Waals surface area contributed by atoms with Crippen LogP contribution in [-0.2, 0) is 5.88 Å². The van der Waals surface area contributed by atoms with E-state index in [1.54, 1.807) is 17.5 Å². The van der Waals surface area contributed by atoms with Gasteiger partial charge in [0.2, 0.25) is 0 Å². The summed E-state index contributed by atoms with van der Waals surface area (Å²) in [5, 5.41) is 2.08. The molecule has 0 saturated carbocycles. The quantitative estimate of drug-likeness (QED) is 0.681. The van der Waals surface area contributed by atoms with Crippen LogP contribution in [0, 0.1) is 0 Å². The van der Waals surface area contributed by atoms with Crippen LogP contribution in [0.1, 0.15) is 23.7 Å². The van der Waals surface area contributed by atoms with Gasteiger partial charge in [0.15, 0.2) is 5.65 Å². The summed E-state index contributed by atoms with van der Waals surface area (Å²) in [7, 11) is 0. The summed E-state index contributed by atoms with van der Waals surface area (Å²) >= 11 is 7.74. The molecule has 0 fully saturated rings. The normalized spacial score (nSPS) is 13.0. The maximum atomic E-state index is 6.00. The minimum Gasteiger partial charge on any atom is -0.304 e. The second kappa shape index (κ2) is 4.71. The van der Waals surface area contributed by atoms with Gasteiger partial charge in [0.1, 0.15) is 11.3 Å². The fourth-order valence-corrected chi connectivity index (χ4v) is 3.10. The average molecular weight is 278 g/mol. The van der Waals surface area contributed by atoms with E-state index in [0.717, 1.165) is 17.0 Å². The van der Waals surface area contributed by atoms with E-state index in [1.807, 2.05) is 12.1 Å². The van der Waals surface area contributed by atoms with Crippen molar-refractivity contribution in [2.45, 2.75) is 18.8 Å². The number of nitrogens with zero attached hydrogens (tertiary/aromatic N) is 3. The molecule has 1 atom stereocenters. The van der Waals surface area contributed by atoms with Crippen LogP contribution >= 0.6 is 22.9 Å². The summed E-state index contributed by atoms with van der Waals surface area (Å²) in [5.41, 5.74) is 1.80. The highest BCUT2D eigenvalue weighted by Gasteiger charge is 2.17. The molecule has 0 spiro atoms. The van der Waals surface area contributed by atoms with Crippen molar-refractivity contribution < 1.29 is 0 Å². The highest BCUT2D eigenvalue weighted by molar-refractivity contribution is 7.10. The van der Waals surface area contributed by atoms with E-state index in [-0.39, 0.29) is 6.04 Å². The smallest absolute Gasteiger partial charge is 0.160 e. The standard InChI is InChI=1S/C13H12ClN3S/c1-9(11-5-3-7-18-11)17-12(8-14)16-10-4-2-6-15-13(10)17/h2-7,9H,8H2,1H3. The van der Waals surface area contributed by atoms with Crippen LogP contribution in [0.25, 0.3) is 11.2 Å². The van der Waals surface area contributed by atoms with Crippen LogP contribution in [0.5, 0.6) is 0 Å². The zero-order chi connectivity index (χ0) is 12.5. The Balaban J connectivity index is 2.20. The molecule has 92 valence electrons. The van der Waals surface area contributed by atoms with E-state index < -0.39 is 0 Å². The number of alkyl halides is 1. The highest BCUT2D eigenvalue weighted by atomic mass is 35.5. The molecule has 0 aromatic carbocycles. The number of hydrogen-bond donors (Lipinski definition) is 0. The zero-order valence-corrected chi connectivity index (χ0v) is 11.4. The van der Waals surface area contributed by atoms with E-state index in [0.29, 0.717) is 5.88 Å². The van der Waals surface area contributed by atoms with Gasteiger partial charge >= 0.3 is 0 Å². The van der Waals surface area contributed by atoms with Crippen molar-refractivity contribution in [1.82, 2.24) is 14.5 Å². The average Bonchev–Trinajstić information content (AvgIpc) is 3.04. The predicted molar refractivity (Wildman–Crippen MR) is 75.2 cm³/mol. The minimum atomic E-state index is 0.207. The lowest BCUT2D eigenvalue weighted by Crippen LogP contribution is -2.09. The SMILES string of the molecule is CC(c1cccs1)n1c(CCl)nc2cccnc21. The van der Waals surface area contributed by atoms with Crippen LogP contribution in [0.4, 0.5) is 0 Å². The molecule has 0 aliphatic carbocycles. The van der Waals surface area contributed by atoms with Gasteiger partial charge in [-0.1, -0.05) is 6.07 Å². The Labute approximate surface area is 114 Å². The van der Waals surface area contributed by atoms with Crippen molar-refractivity contribution in [2.24, 2.45) is 0 Å². The zero-order valence-electron chi connectivity index (χ0n) is 9.88. The van der Waals surface area contributed by atoms with E-state index in [1.165, 1.54) is 4.88 Å². The van der Waals surface area contributed by atoms with Gasteiger partial charge < -0.3 is 4.57 Å². The number of thiophene rings is 1. The molecular weight excluding hydrogens is 266 g/mol. The van der Waals surface area contributed by atoms with Crippen molar-refractivity contribution in [1.29, 1.82) is 0 Å². The third-order valence-electron chi connectivity index (χ3n) is 2.98. The monoisotopic (exact) mass is 277 g/mol. The first-order chi connectivity index (χ1) is 8.81. The second-order valence-corrected chi connectivity index (χ2v) is 5.32. The number of pyridine rings is 1. The van der Waals surface area contributed by atoms with Gasteiger partial charge in [0.25, 0.3) is 0 Å². The Kier molecular flexibility index (Phi) is 3.06. The Morgan fingerprint density at radius 2 is 2.28 bits per heavy atom. The fraction of sp³-hybridized carbons (Fsp3) is 0.231. The maximum Gasteiger partial charge on any atom is 0.160 e. The first kappa shape index (κ1) is 11.7. The van der Waals surface area contributed by atoms with Crippen LogP contribution in [-0.4, -0.2) is 14.5 Å². The molecular formula is C13H12ClN3S. The number of rotatable bonds is 3. The van der Waals surface area contributed by atoms with Crippen LogP contribution in [0.3, 0.4) is 0 Å². The van der Waals surface area contributed by atoms with Gasteiger partial charge in [0.05, 0.1) is 11.9 Å². The summed E-state index contributed by atoms with van der Waals surface area (Å²) in [6.45, 7) is 2.15. The molecule has 5 heteroatoms. The molecule has 1 unspecified atom stereocenters. The molecule has 0 amide bonds. The van der Waals surface area contributed by atoms with Gasteiger partial charge in [-0.25, -0.2) is 9.97 Å². The van der Waals surface area contributed by atoms with E-state index in [4.69, 9.17) is 11.6 Å². The van der Waals surface area contributed by atoms with Gasteiger partial charge in [0, 0.05) is 11.1 Å². The van der Waals surface area contributed by atoms with E-state index >= 15 is 0 Å². The predicted octanol–water partition coefficient (Wildman–Crippen LogP) is 3.84. The second-order valence-electron chi connectivity index (χ2n) is 4.07. The topological polar surface area (TPSA) is 30.7 Å². The van der Waals surface area contributed by atoms with Crippen molar-refractivity contribution in [3.63, 3.8) is 0 Å². The van der Waals surface area contributed by atoms with Crippen LogP contribution < -0.4 is 0 Å². The maximum absolute atomic E-state index is 6.00. The first-order valence-corrected chi connectivity index (χ1v) is 7.14.